The number of anilines is 2. The highest BCUT2D eigenvalue weighted by molar-refractivity contribution is 7.91. The fourth-order valence-corrected chi connectivity index (χ4v) is 4.46. The van der Waals surface area contributed by atoms with E-state index in [1.807, 2.05) is 0 Å². The first-order valence-corrected chi connectivity index (χ1v) is 11.9. The molecule has 38 heavy (non-hydrogen) atoms. The summed E-state index contributed by atoms with van der Waals surface area (Å²) in [5.41, 5.74) is 2.15. The van der Waals surface area contributed by atoms with Crippen molar-refractivity contribution in [1.29, 1.82) is 0 Å². The first-order chi connectivity index (χ1) is 17.9. The van der Waals surface area contributed by atoms with E-state index in [0.29, 0.717) is 6.07 Å². The molecule has 1 aromatic carbocycles. The SMILES string of the molecule is Nc1nccc(-c2cccnc2Oc2cc(F)c(NS(=O)(=O)Cc3cccnc3C(F)(F)F)c(F)c2F)n1. The third kappa shape index (κ3) is 5.74. The summed E-state index contributed by atoms with van der Waals surface area (Å²) in [5.74, 6) is -8.22. The molecule has 0 saturated carbocycles. The maximum absolute atomic E-state index is 14.8. The average Bonchev–Trinajstić information content (AvgIpc) is 2.85. The summed E-state index contributed by atoms with van der Waals surface area (Å²) in [5, 5.41) is 0. The van der Waals surface area contributed by atoms with Gasteiger partial charge in [-0.2, -0.15) is 17.6 Å². The summed E-state index contributed by atoms with van der Waals surface area (Å²) in [6.07, 6.45) is -1.63. The predicted octanol–water partition coefficient (Wildman–Crippen LogP) is 4.69. The molecule has 4 aromatic rings. The Balaban J connectivity index is 1.64. The number of hydrogen-bond acceptors (Lipinski definition) is 8. The lowest BCUT2D eigenvalue weighted by molar-refractivity contribution is -0.141. The van der Waals surface area contributed by atoms with Crippen molar-refractivity contribution in [3.63, 3.8) is 0 Å². The molecule has 0 bridgehead atoms. The van der Waals surface area contributed by atoms with Crippen molar-refractivity contribution < 1.29 is 39.5 Å². The maximum Gasteiger partial charge on any atom is 0.433 e. The molecule has 0 fully saturated rings. The van der Waals surface area contributed by atoms with Crippen molar-refractivity contribution in [2.75, 3.05) is 10.5 Å². The number of nitrogens with zero attached hydrogens (tertiary/aromatic N) is 4. The molecule has 0 atom stereocenters. The predicted molar refractivity (Wildman–Crippen MR) is 122 cm³/mol. The van der Waals surface area contributed by atoms with Crippen LogP contribution in [0.3, 0.4) is 0 Å². The van der Waals surface area contributed by atoms with Gasteiger partial charge in [-0.3, -0.25) is 9.71 Å². The Morgan fingerprint density at radius 2 is 1.66 bits per heavy atom. The van der Waals surface area contributed by atoms with E-state index in [-0.39, 0.29) is 23.1 Å². The maximum atomic E-state index is 14.8. The zero-order chi connectivity index (χ0) is 27.7. The normalized spacial score (nSPS) is 11.8. The number of rotatable bonds is 7. The number of benzene rings is 1. The Hall–Kier alpha value is -4.47. The van der Waals surface area contributed by atoms with Gasteiger partial charge in [0.1, 0.15) is 11.4 Å². The standard InChI is InChI=1S/C22H14F6N6O3S/c23-13-9-15(37-20-12(4-2-7-31-20)14-5-8-32-21(29)33-14)16(24)17(25)18(13)34-38(35,36)10-11-3-1-6-30-19(11)22(26,27)28/h1-9,34H,10H2,(H2,29,32,33). The molecule has 0 amide bonds. The second-order valence-electron chi connectivity index (χ2n) is 7.49. The molecule has 0 aliphatic heterocycles. The summed E-state index contributed by atoms with van der Waals surface area (Å²) in [4.78, 5) is 14.7. The molecule has 0 aliphatic carbocycles. The summed E-state index contributed by atoms with van der Waals surface area (Å²) >= 11 is 0. The molecule has 0 spiro atoms. The van der Waals surface area contributed by atoms with Gasteiger partial charge in [-0.25, -0.2) is 32.2 Å². The lowest BCUT2D eigenvalue weighted by atomic mass is 10.2. The lowest BCUT2D eigenvalue weighted by Gasteiger charge is -2.15. The first kappa shape index (κ1) is 26.6. The number of nitrogen functional groups attached to an aromatic ring is 1. The fourth-order valence-electron chi connectivity index (χ4n) is 3.24. The summed E-state index contributed by atoms with van der Waals surface area (Å²) in [6.45, 7) is 0. The van der Waals surface area contributed by atoms with Crippen LogP contribution in [0.2, 0.25) is 0 Å². The van der Waals surface area contributed by atoms with Crippen molar-refractivity contribution in [2.24, 2.45) is 0 Å². The third-order valence-corrected chi connectivity index (χ3v) is 6.02. The number of halogens is 6. The zero-order valence-corrected chi connectivity index (χ0v) is 19.5. The molecule has 3 N–H and O–H groups in total. The molecule has 0 unspecified atom stereocenters. The molecule has 198 valence electrons. The molecule has 9 nitrogen and oxygen atoms in total. The van der Waals surface area contributed by atoms with E-state index in [4.69, 9.17) is 10.5 Å². The molecule has 3 heterocycles. The Morgan fingerprint density at radius 1 is 0.947 bits per heavy atom. The topological polar surface area (TPSA) is 133 Å². The van der Waals surface area contributed by atoms with Crippen LogP contribution < -0.4 is 15.2 Å². The van der Waals surface area contributed by atoms with Crippen LogP contribution in [-0.2, 0) is 22.0 Å². The summed E-state index contributed by atoms with van der Waals surface area (Å²) in [7, 11) is -4.87. The van der Waals surface area contributed by atoms with E-state index < -0.39 is 62.1 Å². The molecule has 3 aromatic heterocycles. The Kier molecular flexibility index (Phi) is 7.08. The van der Waals surface area contributed by atoms with Crippen molar-refractivity contribution in [1.82, 2.24) is 19.9 Å². The minimum absolute atomic E-state index is 0.106. The fraction of sp³-hybridized carbons (Fsp3) is 0.0909. The summed E-state index contributed by atoms with van der Waals surface area (Å²) in [6, 6.07) is 6.56. The van der Waals surface area contributed by atoms with E-state index in [9.17, 15) is 34.8 Å². The summed E-state index contributed by atoms with van der Waals surface area (Å²) < 4.78 is 115. The smallest absolute Gasteiger partial charge is 0.433 e. The Bertz CT molecular complexity index is 1620. The molecule has 0 aliphatic rings. The molecule has 4 rings (SSSR count). The molecule has 0 radical (unpaired) electrons. The van der Waals surface area contributed by atoms with Gasteiger partial charge in [-0.15, -0.1) is 0 Å². The van der Waals surface area contributed by atoms with Gasteiger partial charge >= 0.3 is 6.18 Å². The highest BCUT2D eigenvalue weighted by Crippen LogP contribution is 2.36. The third-order valence-electron chi connectivity index (χ3n) is 4.82. The molecular weight excluding hydrogens is 542 g/mol. The second kappa shape index (κ2) is 10.1. The van der Waals surface area contributed by atoms with Gasteiger partial charge in [0.25, 0.3) is 0 Å². The highest BCUT2D eigenvalue weighted by atomic mass is 32.2. The van der Waals surface area contributed by atoms with Crippen LogP contribution in [0.1, 0.15) is 11.3 Å². The number of alkyl halides is 3. The minimum atomic E-state index is -4.99. The van der Waals surface area contributed by atoms with Crippen molar-refractivity contribution in [3.05, 3.63) is 83.7 Å². The van der Waals surface area contributed by atoms with Crippen molar-refractivity contribution in [3.8, 4) is 22.9 Å². The van der Waals surface area contributed by atoms with Gasteiger partial charge in [-0.05, 0) is 29.8 Å². The minimum Gasteiger partial charge on any atom is -0.435 e. The number of pyridine rings is 2. The van der Waals surface area contributed by atoms with E-state index in [0.717, 1.165) is 18.3 Å². The molecular formula is C22H14F6N6O3S. The van der Waals surface area contributed by atoms with E-state index >= 15 is 0 Å². The van der Waals surface area contributed by atoms with Crippen LogP contribution in [0.25, 0.3) is 11.3 Å². The molecule has 0 saturated heterocycles. The number of nitrogens with two attached hydrogens (primary N) is 1. The van der Waals surface area contributed by atoms with Gasteiger partial charge in [0.15, 0.2) is 17.4 Å². The van der Waals surface area contributed by atoms with E-state index in [1.54, 1.807) is 0 Å². The lowest BCUT2D eigenvalue weighted by Crippen LogP contribution is -2.20. The van der Waals surface area contributed by atoms with Crippen LogP contribution in [0.15, 0.2) is 55.0 Å². The van der Waals surface area contributed by atoms with Gasteiger partial charge in [-0.1, -0.05) is 6.07 Å². The van der Waals surface area contributed by atoms with E-state index in [1.165, 1.54) is 35.3 Å². The van der Waals surface area contributed by atoms with Crippen molar-refractivity contribution in [2.45, 2.75) is 11.9 Å². The van der Waals surface area contributed by atoms with Gasteiger partial charge in [0, 0.05) is 24.7 Å². The van der Waals surface area contributed by atoms with Crippen LogP contribution in [0.5, 0.6) is 11.6 Å². The largest absolute Gasteiger partial charge is 0.435 e. The van der Waals surface area contributed by atoms with Crippen molar-refractivity contribution >= 4 is 21.7 Å². The number of sulfonamides is 1. The monoisotopic (exact) mass is 556 g/mol. The van der Waals surface area contributed by atoms with Crippen LogP contribution in [0, 0.1) is 17.5 Å². The zero-order valence-electron chi connectivity index (χ0n) is 18.7. The van der Waals surface area contributed by atoms with Gasteiger partial charge in [0.2, 0.25) is 27.7 Å². The van der Waals surface area contributed by atoms with E-state index in [2.05, 4.69) is 19.9 Å². The second-order valence-corrected chi connectivity index (χ2v) is 9.21. The number of nitrogens with one attached hydrogen (secondary N) is 1. The van der Waals surface area contributed by atoms with Crippen LogP contribution in [-0.4, -0.2) is 28.4 Å². The first-order valence-electron chi connectivity index (χ1n) is 10.3. The molecule has 16 heteroatoms. The Morgan fingerprint density at radius 3 is 2.37 bits per heavy atom. The highest BCUT2D eigenvalue weighted by Gasteiger charge is 2.36. The van der Waals surface area contributed by atoms with Crippen LogP contribution in [0.4, 0.5) is 38.0 Å². The number of ether oxygens (including phenoxy) is 1. The number of aromatic nitrogens is 4. The quantitative estimate of drug-likeness (QED) is 0.248. The number of hydrogen-bond donors (Lipinski definition) is 2. The Labute approximate surface area is 210 Å². The van der Waals surface area contributed by atoms with Crippen LogP contribution >= 0.6 is 0 Å². The average molecular weight is 556 g/mol. The van der Waals surface area contributed by atoms with Gasteiger partial charge < -0.3 is 10.5 Å². The van der Waals surface area contributed by atoms with Gasteiger partial charge in [0.05, 0.1) is 17.0 Å².